The van der Waals surface area contributed by atoms with E-state index in [1.807, 2.05) is 6.07 Å². The van der Waals surface area contributed by atoms with Crippen LogP contribution in [0.1, 0.15) is 27.3 Å². The largest absolute Gasteiger partial charge is 0.345 e. The zero-order valence-corrected chi connectivity index (χ0v) is 14.5. The number of carbonyl (C=O) groups is 2. The van der Waals surface area contributed by atoms with E-state index < -0.39 is 0 Å². The number of carbonyl (C=O) groups excluding carboxylic acids is 2. The van der Waals surface area contributed by atoms with E-state index in [9.17, 15) is 14.4 Å². The molecule has 2 aromatic heterocycles. The summed E-state index contributed by atoms with van der Waals surface area (Å²) in [7, 11) is 0. The van der Waals surface area contributed by atoms with Gasteiger partial charge in [-0.25, -0.2) is 10.1 Å². The third-order valence-corrected chi connectivity index (χ3v) is 4.64. The Hall–Kier alpha value is -3.49. The molecule has 27 heavy (non-hydrogen) atoms. The lowest BCUT2D eigenvalue weighted by atomic mass is 10.1. The number of nitrogens with one attached hydrogen (secondary N) is 2. The van der Waals surface area contributed by atoms with Crippen molar-refractivity contribution in [2.24, 2.45) is 0 Å². The minimum atomic E-state index is -0.353. The molecule has 4 rings (SSSR count). The number of nitrogens with zero attached hydrogens (tertiary/aromatic N) is 4. The molecule has 0 atom stereocenters. The summed E-state index contributed by atoms with van der Waals surface area (Å²) in [6, 6.07) is 8.06. The van der Waals surface area contributed by atoms with Crippen LogP contribution in [0.2, 0.25) is 0 Å². The van der Waals surface area contributed by atoms with E-state index >= 15 is 0 Å². The summed E-state index contributed by atoms with van der Waals surface area (Å²) in [5.41, 5.74) is 2.06. The zero-order chi connectivity index (χ0) is 18.8. The van der Waals surface area contributed by atoms with Crippen LogP contribution in [0.3, 0.4) is 0 Å². The Labute approximate surface area is 154 Å². The van der Waals surface area contributed by atoms with Gasteiger partial charge in [-0.2, -0.15) is 5.10 Å². The number of aromatic amines is 2. The highest BCUT2D eigenvalue weighted by molar-refractivity contribution is 5.97. The van der Waals surface area contributed by atoms with Crippen molar-refractivity contribution in [1.29, 1.82) is 0 Å². The van der Waals surface area contributed by atoms with E-state index in [0.717, 1.165) is 11.0 Å². The number of hydrogen-bond acceptors (Lipinski definition) is 5. The third kappa shape index (κ3) is 3.43. The molecule has 2 N–H and O–H groups in total. The minimum Gasteiger partial charge on any atom is -0.345 e. The minimum absolute atomic E-state index is 0.0667. The van der Waals surface area contributed by atoms with Crippen LogP contribution >= 0.6 is 0 Å². The summed E-state index contributed by atoms with van der Waals surface area (Å²) in [6.07, 6.45) is 2.27. The molecule has 0 radical (unpaired) electrons. The maximum Gasteiger partial charge on any atom is 0.274 e. The first-order chi connectivity index (χ1) is 13.1. The summed E-state index contributed by atoms with van der Waals surface area (Å²) < 4.78 is 0. The summed E-state index contributed by atoms with van der Waals surface area (Å²) in [6.45, 7) is 1.96. The normalized spacial score (nSPS) is 15.0. The molecule has 1 aromatic carbocycles. The van der Waals surface area contributed by atoms with Crippen molar-refractivity contribution in [3.8, 4) is 0 Å². The van der Waals surface area contributed by atoms with Crippen LogP contribution in [-0.2, 0) is 0 Å². The molecule has 0 unspecified atom stereocenters. The van der Waals surface area contributed by atoms with E-state index in [-0.39, 0.29) is 23.1 Å². The highest BCUT2D eigenvalue weighted by Crippen LogP contribution is 2.15. The Morgan fingerprint density at radius 2 is 1.74 bits per heavy atom. The molecule has 1 aliphatic rings. The van der Waals surface area contributed by atoms with Gasteiger partial charge in [0.05, 0.1) is 17.4 Å². The lowest BCUT2D eigenvalue weighted by molar-refractivity contribution is 0.0715. The van der Waals surface area contributed by atoms with Crippen LogP contribution in [0.5, 0.6) is 0 Å². The van der Waals surface area contributed by atoms with E-state index in [2.05, 4.69) is 20.2 Å². The van der Waals surface area contributed by atoms with Crippen molar-refractivity contribution < 1.29 is 9.59 Å². The third-order valence-electron chi connectivity index (χ3n) is 4.64. The second-order valence-electron chi connectivity index (χ2n) is 6.38. The lowest BCUT2D eigenvalue weighted by Gasteiger charge is -2.22. The van der Waals surface area contributed by atoms with Gasteiger partial charge >= 0.3 is 0 Å². The van der Waals surface area contributed by atoms with Crippen LogP contribution in [0.25, 0.3) is 11.0 Å². The number of H-pyrrole nitrogens is 2. The van der Waals surface area contributed by atoms with Crippen LogP contribution in [0, 0.1) is 0 Å². The molecule has 3 aromatic rings. The van der Waals surface area contributed by atoms with E-state index in [0.29, 0.717) is 38.2 Å². The van der Waals surface area contributed by atoms with Gasteiger partial charge in [-0.3, -0.25) is 14.4 Å². The molecule has 138 valence electrons. The second-order valence-corrected chi connectivity index (χ2v) is 6.38. The van der Waals surface area contributed by atoms with Crippen molar-refractivity contribution in [2.45, 2.75) is 6.42 Å². The molecule has 0 spiro atoms. The fraction of sp³-hybridized carbons (Fsp3) is 0.278. The topological polar surface area (TPSA) is 115 Å². The molecule has 0 bridgehead atoms. The number of rotatable bonds is 2. The van der Waals surface area contributed by atoms with Crippen molar-refractivity contribution in [1.82, 2.24) is 30.0 Å². The fourth-order valence-electron chi connectivity index (χ4n) is 3.20. The van der Waals surface area contributed by atoms with Gasteiger partial charge in [0.15, 0.2) is 0 Å². The first-order valence-electron chi connectivity index (χ1n) is 8.69. The molecule has 1 aliphatic heterocycles. The Morgan fingerprint density at radius 3 is 2.48 bits per heavy atom. The molecular formula is C18H18N6O3. The predicted molar refractivity (Wildman–Crippen MR) is 97.4 cm³/mol. The van der Waals surface area contributed by atoms with Crippen molar-refractivity contribution in [2.75, 3.05) is 26.2 Å². The summed E-state index contributed by atoms with van der Waals surface area (Å²) >= 11 is 0. The molecule has 0 saturated carbocycles. The van der Waals surface area contributed by atoms with Gasteiger partial charge in [0.25, 0.3) is 17.4 Å². The van der Waals surface area contributed by atoms with E-state index in [1.165, 1.54) is 12.1 Å². The average Bonchev–Trinajstić information content (AvgIpc) is 3.02. The molecule has 2 amide bonds. The van der Waals surface area contributed by atoms with Gasteiger partial charge in [-0.15, -0.1) is 0 Å². The highest BCUT2D eigenvalue weighted by atomic mass is 16.2. The summed E-state index contributed by atoms with van der Waals surface area (Å²) in [5.74, 6) is -0.317. The Balaban J connectivity index is 1.46. The Kier molecular flexibility index (Phi) is 4.41. The van der Waals surface area contributed by atoms with Crippen LogP contribution in [-0.4, -0.2) is 68.0 Å². The molecule has 0 aliphatic carbocycles. The molecule has 9 nitrogen and oxygen atoms in total. The SMILES string of the molecule is O=C(c1ccc2nc[nH]c2c1)N1CCCN(C(=O)c2ccc(=O)[nH]n2)CC1. The van der Waals surface area contributed by atoms with Crippen LogP contribution < -0.4 is 5.56 Å². The molecule has 3 heterocycles. The summed E-state index contributed by atoms with van der Waals surface area (Å²) in [5, 5.41) is 6.06. The highest BCUT2D eigenvalue weighted by Gasteiger charge is 2.24. The average molecular weight is 366 g/mol. The fourth-order valence-corrected chi connectivity index (χ4v) is 3.20. The summed E-state index contributed by atoms with van der Waals surface area (Å²) in [4.78, 5) is 47.1. The maximum absolute atomic E-state index is 12.8. The number of amides is 2. The Bertz CT molecular complexity index is 1040. The molecule has 9 heteroatoms. The molecular weight excluding hydrogens is 348 g/mol. The monoisotopic (exact) mass is 366 g/mol. The maximum atomic E-state index is 12.8. The molecule has 1 fully saturated rings. The van der Waals surface area contributed by atoms with E-state index in [1.54, 1.807) is 28.3 Å². The predicted octanol–water partition coefficient (Wildman–Crippen LogP) is 0.634. The van der Waals surface area contributed by atoms with Gasteiger partial charge in [0.1, 0.15) is 5.69 Å². The quantitative estimate of drug-likeness (QED) is 0.690. The Morgan fingerprint density at radius 1 is 0.963 bits per heavy atom. The number of imidazole rings is 1. The van der Waals surface area contributed by atoms with Gasteiger partial charge in [-0.05, 0) is 30.7 Å². The zero-order valence-electron chi connectivity index (χ0n) is 14.5. The molecule has 1 saturated heterocycles. The number of fused-ring (bicyclic) bond motifs is 1. The second kappa shape index (κ2) is 7.02. The number of benzene rings is 1. The van der Waals surface area contributed by atoms with Crippen LogP contribution in [0.4, 0.5) is 0 Å². The van der Waals surface area contributed by atoms with Gasteiger partial charge in [0, 0.05) is 37.8 Å². The number of aromatic nitrogens is 4. The van der Waals surface area contributed by atoms with Crippen molar-refractivity contribution in [3.63, 3.8) is 0 Å². The van der Waals surface area contributed by atoms with Gasteiger partial charge < -0.3 is 14.8 Å². The van der Waals surface area contributed by atoms with E-state index in [4.69, 9.17) is 0 Å². The smallest absolute Gasteiger partial charge is 0.274 e. The van der Waals surface area contributed by atoms with Crippen LogP contribution in [0.15, 0.2) is 41.5 Å². The van der Waals surface area contributed by atoms with Gasteiger partial charge in [0.2, 0.25) is 0 Å². The lowest BCUT2D eigenvalue weighted by Crippen LogP contribution is -2.37. The van der Waals surface area contributed by atoms with Gasteiger partial charge in [-0.1, -0.05) is 0 Å². The first-order valence-corrected chi connectivity index (χ1v) is 8.69. The standard InChI is InChI=1S/C18H18N6O3/c25-16-5-4-14(21-22-16)18(27)24-7-1-6-23(8-9-24)17(26)12-2-3-13-15(10-12)20-11-19-13/h2-5,10-11H,1,6-9H2,(H,19,20)(H,22,25). The van der Waals surface area contributed by atoms with Crippen molar-refractivity contribution in [3.05, 3.63) is 58.3 Å². The van der Waals surface area contributed by atoms with Crippen molar-refractivity contribution >= 4 is 22.8 Å². The number of hydrogen-bond donors (Lipinski definition) is 2. The first kappa shape index (κ1) is 17.0.